The quantitative estimate of drug-likeness (QED) is 0.753. The molecular formula is C11H9ClO3. The predicted octanol–water partition coefficient (Wildman–Crippen LogP) is 2.75. The van der Waals surface area contributed by atoms with Crippen LogP contribution in [-0.4, -0.2) is 12.4 Å². The minimum Gasteiger partial charge on any atom is -0.497 e. The molecule has 78 valence electrons. The van der Waals surface area contributed by atoms with Crippen LogP contribution in [0.15, 0.2) is 28.7 Å². The molecule has 0 radical (unpaired) electrons. The topological polar surface area (TPSA) is 39.4 Å². The molecule has 1 heterocycles. The van der Waals surface area contributed by atoms with E-state index < -0.39 is 5.24 Å². The number of carbonyl (C=O) groups excluding carboxylic acids is 1. The summed E-state index contributed by atoms with van der Waals surface area (Å²) in [4.78, 5) is 10.7. The summed E-state index contributed by atoms with van der Waals surface area (Å²) < 4.78 is 10.5. The summed E-state index contributed by atoms with van der Waals surface area (Å²) in [6.07, 6.45) is 0.110. The average Bonchev–Trinajstić information content (AvgIpc) is 2.57. The highest BCUT2D eigenvalue weighted by atomic mass is 35.5. The zero-order chi connectivity index (χ0) is 10.8. The molecule has 0 spiro atoms. The van der Waals surface area contributed by atoms with Gasteiger partial charge in [-0.3, -0.25) is 4.79 Å². The van der Waals surface area contributed by atoms with Crippen molar-refractivity contribution < 1.29 is 13.9 Å². The van der Waals surface area contributed by atoms with Crippen molar-refractivity contribution in [2.45, 2.75) is 6.42 Å². The maximum atomic E-state index is 10.7. The van der Waals surface area contributed by atoms with Crippen LogP contribution in [0.5, 0.6) is 5.75 Å². The standard InChI is InChI=1S/C11H9ClO3/c1-14-8-3-2-7-4-9(6-11(12)13)15-10(7)5-8/h2-5H,6H2,1H3. The van der Waals surface area contributed by atoms with Crippen molar-refractivity contribution in [2.75, 3.05) is 7.11 Å². The van der Waals surface area contributed by atoms with Gasteiger partial charge in [-0.2, -0.15) is 0 Å². The van der Waals surface area contributed by atoms with Gasteiger partial charge >= 0.3 is 0 Å². The number of benzene rings is 1. The number of fused-ring (bicyclic) bond motifs is 1. The van der Waals surface area contributed by atoms with Crippen LogP contribution >= 0.6 is 11.6 Å². The lowest BCUT2D eigenvalue weighted by Gasteiger charge is -1.96. The molecule has 4 heteroatoms. The summed E-state index contributed by atoms with van der Waals surface area (Å²) >= 11 is 5.27. The lowest BCUT2D eigenvalue weighted by atomic mass is 10.2. The second kappa shape index (κ2) is 3.95. The smallest absolute Gasteiger partial charge is 0.229 e. The van der Waals surface area contributed by atoms with Gasteiger partial charge in [0.25, 0.3) is 0 Å². The van der Waals surface area contributed by atoms with Crippen molar-refractivity contribution in [1.29, 1.82) is 0 Å². The van der Waals surface area contributed by atoms with Crippen LogP contribution in [0.25, 0.3) is 11.0 Å². The van der Waals surface area contributed by atoms with E-state index in [4.69, 9.17) is 20.8 Å². The molecule has 0 amide bonds. The van der Waals surface area contributed by atoms with E-state index in [0.717, 1.165) is 11.1 Å². The van der Waals surface area contributed by atoms with E-state index in [1.54, 1.807) is 19.2 Å². The van der Waals surface area contributed by atoms with Gasteiger partial charge in [0.15, 0.2) is 0 Å². The average molecular weight is 225 g/mol. The van der Waals surface area contributed by atoms with Crippen LogP contribution in [0.4, 0.5) is 0 Å². The van der Waals surface area contributed by atoms with Gasteiger partial charge in [-0.1, -0.05) is 0 Å². The molecule has 0 fully saturated rings. The summed E-state index contributed by atoms with van der Waals surface area (Å²) in [5, 5.41) is 0.504. The molecule has 1 aromatic heterocycles. The van der Waals surface area contributed by atoms with Gasteiger partial charge in [-0.25, -0.2) is 0 Å². The Hall–Kier alpha value is -1.48. The van der Waals surface area contributed by atoms with E-state index in [1.807, 2.05) is 12.1 Å². The van der Waals surface area contributed by atoms with Crippen LogP contribution in [0.3, 0.4) is 0 Å². The number of halogens is 1. The molecule has 0 atom stereocenters. The first-order valence-electron chi connectivity index (χ1n) is 4.44. The Bertz CT molecular complexity index is 502. The lowest BCUT2D eigenvalue weighted by Crippen LogP contribution is -1.89. The van der Waals surface area contributed by atoms with Gasteiger partial charge in [0, 0.05) is 11.5 Å². The van der Waals surface area contributed by atoms with Gasteiger partial charge in [0.1, 0.15) is 17.1 Å². The molecule has 0 N–H and O–H groups in total. The fraction of sp³-hybridized carbons (Fsp3) is 0.182. The first-order chi connectivity index (χ1) is 7.19. The van der Waals surface area contributed by atoms with Crippen LogP contribution in [-0.2, 0) is 11.2 Å². The molecule has 15 heavy (non-hydrogen) atoms. The molecule has 1 aromatic carbocycles. The van der Waals surface area contributed by atoms with Crippen LogP contribution in [0, 0.1) is 0 Å². The highest BCUT2D eigenvalue weighted by Crippen LogP contribution is 2.24. The third-order valence-electron chi connectivity index (χ3n) is 2.09. The highest BCUT2D eigenvalue weighted by Gasteiger charge is 2.07. The fourth-order valence-corrected chi connectivity index (χ4v) is 1.55. The molecule has 0 saturated carbocycles. The third-order valence-corrected chi connectivity index (χ3v) is 2.23. The number of methoxy groups -OCH3 is 1. The highest BCUT2D eigenvalue weighted by molar-refractivity contribution is 6.63. The molecule has 0 unspecified atom stereocenters. The Morgan fingerprint density at radius 1 is 1.47 bits per heavy atom. The lowest BCUT2D eigenvalue weighted by molar-refractivity contribution is -0.111. The molecule has 0 bridgehead atoms. The molecule has 0 aliphatic heterocycles. The van der Waals surface area contributed by atoms with E-state index in [1.165, 1.54) is 0 Å². The normalized spacial score (nSPS) is 10.5. The van der Waals surface area contributed by atoms with Gasteiger partial charge in [-0.05, 0) is 29.8 Å². The SMILES string of the molecule is COc1ccc2cc(CC(=O)Cl)oc2c1. The van der Waals surface area contributed by atoms with Gasteiger partial charge in [0.05, 0.1) is 13.5 Å². The summed E-state index contributed by atoms with van der Waals surface area (Å²) in [6.45, 7) is 0. The van der Waals surface area contributed by atoms with Gasteiger partial charge < -0.3 is 9.15 Å². The Morgan fingerprint density at radius 3 is 2.93 bits per heavy atom. The van der Waals surface area contributed by atoms with Gasteiger partial charge in [-0.15, -0.1) is 0 Å². The number of furan rings is 1. The number of ether oxygens (including phenoxy) is 1. The van der Waals surface area contributed by atoms with E-state index in [0.29, 0.717) is 11.3 Å². The molecule has 3 nitrogen and oxygen atoms in total. The summed E-state index contributed by atoms with van der Waals surface area (Å²) in [5.74, 6) is 1.29. The minimum atomic E-state index is -0.430. The summed E-state index contributed by atoms with van der Waals surface area (Å²) in [6, 6.07) is 7.29. The second-order valence-electron chi connectivity index (χ2n) is 3.15. The first kappa shape index (κ1) is 10.1. The number of rotatable bonds is 3. The third kappa shape index (κ3) is 2.13. The van der Waals surface area contributed by atoms with E-state index in [9.17, 15) is 4.79 Å². The Morgan fingerprint density at radius 2 is 2.27 bits per heavy atom. The first-order valence-corrected chi connectivity index (χ1v) is 4.81. The number of hydrogen-bond acceptors (Lipinski definition) is 3. The Balaban J connectivity index is 2.42. The monoisotopic (exact) mass is 224 g/mol. The molecule has 2 rings (SSSR count). The Labute approximate surface area is 91.6 Å². The van der Waals surface area contributed by atoms with Crippen molar-refractivity contribution in [3.05, 3.63) is 30.0 Å². The second-order valence-corrected chi connectivity index (χ2v) is 3.57. The zero-order valence-corrected chi connectivity index (χ0v) is 8.88. The van der Waals surface area contributed by atoms with Crippen molar-refractivity contribution in [2.24, 2.45) is 0 Å². The van der Waals surface area contributed by atoms with Crippen LogP contribution in [0.2, 0.25) is 0 Å². The largest absolute Gasteiger partial charge is 0.497 e. The molecule has 0 aliphatic rings. The Kier molecular flexibility index (Phi) is 2.64. The summed E-state index contributed by atoms with van der Waals surface area (Å²) in [5.41, 5.74) is 0.697. The van der Waals surface area contributed by atoms with E-state index in [-0.39, 0.29) is 6.42 Å². The molecule has 0 saturated heterocycles. The van der Waals surface area contributed by atoms with Crippen molar-refractivity contribution >= 4 is 27.8 Å². The van der Waals surface area contributed by atoms with Crippen molar-refractivity contribution in [3.8, 4) is 5.75 Å². The van der Waals surface area contributed by atoms with E-state index >= 15 is 0 Å². The maximum Gasteiger partial charge on any atom is 0.229 e. The zero-order valence-electron chi connectivity index (χ0n) is 8.12. The minimum absolute atomic E-state index is 0.110. The number of hydrogen-bond donors (Lipinski definition) is 0. The van der Waals surface area contributed by atoms with Crippen LogP contribution in [0.1, 0.15) is 5.76 Å². The predicted molar refractivity (Wildman–Crippen MR) is 57.3 cm³/mol. The molecule has 2 aromatic rings. The van der Waals surface area contributed by atoms with Crippen molar-refractivity contribution in [3.63, 3.8) is 0 Å². The van der Waals surface area contributed by atoms with E-state index in [2.05, 4.69) is 0 Å². The maximum absolute atomic E-state index is 10.7. The summed E-state index contributed by atoms with van der Waals surface area (Å²) in [7, 11) is 1.59. The molecular weight excluding hydrogens is 216 g/mol. The number of carbonyl (C=O) groups is 1. The van der Waals surface area contributed by atoms with Gasteiger partial charge in [0.2, 0.25) is 5.24 Å². The van der Waals surface area contributed by atoms with Crippen molar-refractivity contribution in [1.82, 2.24) is 0 Å². The van der Waals surface area contributed by atoms with Crippen LogP contribution < -0.4 is 4.74 Å². The fourth-order valence-electron chi connectivity index (χ4n) is 1.42. The molecule has 0 aliphatic carbocycles.